The van der Waals surface area contributed by atoms with Crippen molar-refractivity contribution in [2.75, 3.05) is 40.3 Å². The Labute approximate surface area is 164 Å². The van der Waals surface area contributed by atoms with E-state index in [0.29, 0.717) is 11.1 Å². The molecule has 2 aliphatic rings. The Morgan fingerprint density at radius 1 is 1.00 bits per heavy atom. The SMILES string of the molecule is CC(C)N1C(=O)c2ccc(C(=O)N3CCN(S(=O)(=O)N(C)C)CC3)cc2C1=O. The molecule has 0 atom stereocenters. The standard InChI is InChI=1S/C18H24N4O5S/c1-12(2)22-17(24)14-6-5-13(11-15(14)18(22)25)16(23)20-7-9-21(10-8-20)28(26,27)19(3)4/h5-6,11-12H,7-10H2,1-4H3. The second kappa shape index (κ2) is 7.26. The number of hydrogen-bond donors (Lipinski definition) is 0. The lowest BCUT2D eigenvalue weighted by molar-refractivity contribution is 0.0608. The first-order valence-corrected chi connectivity index (χ1v) is 10.4. The van der Waals surface area contributed by atoms with Crippen molar-refractivity contribution in [2.24, 2.45) is 0 Å². The number of carbonyl (C=O) groups excluding carboxylic acids is 3. The van der Waals surface area contributed by atoms with Gasteiger partial charge in [-0.05, 0) is 32.0 Å². The van der Waals surface area contributed by atoms with Crippen molar-refractivity contribution in [3.63, 3.8) is 0 Å². The van der Waals surface area contributed by atoms with E-state index in [1.54, 1.807) is 24.8 Å². The predicted molar refractivity (Wildman–Crippen MR) is 102 cm³/mol. The molecular formula is C18H24N4O5S. The molecule has 1 saturated heterocycles. The van der Waals surface area contributed by atoms with Crippen LogP contribution in [0.4, 0.5) is 0 Å². The lowest BCUT2D eigenvalue weighted by atomic mass is 10.0. The zero-order chi connectivity index (χ0) is 20.8. The van der Waals surface area contributed by atoms with Gasteiger partial charge in [0.25, 0.3) is 27.9 Å². The van der Waals surface area contributed by atoms with Crippen molar-refractivity contribution < 1.29 is 22.8 Å². The molecule has 2 aliphatic heterocycles. The Morgan fingerprint density at radius 3 is 2.11 bits per heavy atom. The average molecular weight is 408 g/mol. The molecule has 3 rings (SSSR count). The third-order valence-corrected chi connectivity index (χ3v) is 6.94. The second-order valence-electron chi connectivity index (χ2n) is 7.32. The molecule has 3 amide bonds. The van der Waals surface area contributed by atoms with E-state index >= 15 is 0 Å². The maximum Gasteiger partial charge on any atom is 0.281 e. The fourth-order valence-electron chi connectivity index (χ4n) is 3.40. The van der Waals surface area contributed by atoms with Crippen molar-refractivity contribution in [3.8, 4) is 0 Å². The highest BCUT2D eigenvalue weighted by Gasteiger charge is 2.38. The number of imide groups is 1. The highest BCUT2D eigenvalue weighted by atomic mass is 32.2. The zero-order valence-corrected chi connectivity index (χ0v) is 17.2. The first-order chi connectivity index (χ1) is 13.1. The summed E-state index contributed by atoms with van der Waals surface area (Å²) in [6.45, 7) is 4.44. The van der Waals surface area contributed by atoms with Crippen molar-refractivity contribution in [2.45, 2.75) is 19.9 Å². The monoisotopic (exact) mass is 408 g/mol. The fourth-order valence-corrected chi connectivity index (χ4v) is 4.48. The summed E-state index contributed by atoms with van der Waals surface area (Å²) in [4.78, 5) is 40.5. The summed E-state index contributed by atoms with van der Waals surface area (Å²) in [5, 5.41) is 0. The Hall–Kier alpha value is -2.30. The maximum absolute atomic E-state index is 12.8. The summed E-state index contributed by atoms with van der Waals surface area (Å²) < 4.78 is 26.9. The Balaban J connectivity index is 1.76. The molecule has 10 heteroatoms. The average Bonchev–Trinajstić information content (AvgIpc) is 2.91. The van der Waals surface area contributed by atoms with E-state index in [1.165, 1.54) is 35.4 Å². The topological polar surface area (TPSA) is 98.3 Å². The third-order valence-electron chi connectivity index (χ3n) is 4.99. The van der Waals surface area contributed by atoms with Gasteiger partial charge in [-0.2, -0.15) is 17.0 Å². The maximum atomic E-state index is 12.8. The molecule has 2 heterocycles. The fraction of sp³-hybridized carbons (Fsp3) is 0.500. The molecule has 0 bridgehead atoms. The van der Waals surface area contributed by atoms with Crippen molar-refractivity contribution in [1.29, 1.82) is 0 Å². The molecule has 1 aromatic carbocycles. The summed E-state index contributed by atoms with van der Waals surface area (Å²) in [7, 11) is -0.572. The van der Waals surface area contributed by atoms with Crippen LogP contribution in [0.15, 0.2) is 18.2 Å². The minimum atomic E-state index is -3.51. The molecular weight excluding hydrogens is 384 g/mol. The van der Waals surface area contributed by atoms with Crippen LogP contribution in [0.3, 0.4) is 0 Å². The van der Waals surface area contributed by atoms with Crippen LogP contribution in [0, 0.1) is 0 Å². The van der Waals surface area contributed by atoms with Crippen molar-refractivity contribution in [3.05, 3.63) is 34.9 Å². The van der Waals surface area contributed by atoms with E-state index in [-0.39, 0.29) is 49.6 Å². The highest BCUT2D eigenvalue weighted by molar-refractivity contribution is 7.86. The Bertz CT molecular complexity index is 933. The van der Waals surface area contributed by atoms with E-state index in [9.17, 15) is 22.8 Å². The van der Waals surface area contributed by atoms with Gasteiger partial charge in [-0.25, -0.2) is 0 Å². The second-order valence-corrected chi connectivity index (χ2v) is 9.46. The summed E-state index contributed by atoms with van der Waals surface area (Å²) in [6, 6.07) is 4.25. The van der Waals surface area contributed by atoms with E-state index in [0.717, 1.165) is 4.31 Å². The van der Waals surface area contributed by atoms with Crippen LogP contribution < -0.4 is 0 Å². The highest BCUT2D eigenvalue weighted by Crippen LogP contribution is 2.26. The minimum absolute atomic E-state index is 0.204. The van der Waals surface area contributed by atoms with E-state index in [2.05, 4.69) is 0 Å². The Morgan fingerprint density at radius 2 is 1.57 bits per heavy atom. The molecule has 9 nitrogen and oxygen atoms in total. The molecule has 1 aromatic rings. The largest absolute Gasteiger partial charge is 0.336 e. The molecule has 0 saturated carbocycles. The van der Waals surface area contributed by atoms with Gasteiger partial charge in [-0.1, -0.05) is 0 Å². The molecule has 0 aliphatic carbocycles. The van der Waals surface area contributed by atoms with Gasteiger partial charge in [0.2, 0.25) is 0 Å². The predicted octanol–water partition coefficient (Wildman–Crippen LogP) is 0.255. The molecule has 0 unspecified atom stereocenters. The van der Waals surface area contributed by atoms with Crippen LogP contribution in [-0.4, -0.2) is 90.9 Å². The molecule has 0 aromatic heterocycles. The summed E-state index contributed by atoms with van der Waals surface area (Å²) in [5.74, 6) is -1.03. The Kier molecular flexibility index (Phi) is 5.30. The van der Waals surface area contributed by atoms with Crippen LogP contribution in [-0.2, 0) is 10.2 Å². The number of rotatable bonds is 4. The van der Waals surface area contributed by atoms with Crippen LogP contribution >= 0.6 is 0 Å². The number of benzene rings is 1. The van der Waals surface area contributed by atoms with Crippen molar-refractivity contribution >= 4 is 27.9 Å². The number of nitrogens with zero attached hydrogens (tertiary/aromatic N) is 4. The van der Waals surface area contributed by atoms with Gasteiger partial charge in [0.05, 0.1) is 11.1 Å². The van der Waals surface area contributed by atoms with Gasteiger partial charge in [0.15, 0.2) is 0 Å². The van der Waals surface area contributed by atoms with Crippen LogP contribution in [0.5, 0.6) is 0 Å². The molecule has 28 heavy (non-hydrogen) atoms. The third kappa shape index (κ3) is 3.31. The van der Waals surface area contributed by atoms with Crippen LogP contribution in [0.25, 0.3) is 0 Å². The lowest BCUT2D eigenvalue weighted by Crippen LogP contribution is -2.53. The molecule has 0 N–H and O–H groups in total. The smallest absolute Gasteiger partial charge is 0.281 e. The van der Waals surface area contributed by atoms with Crippen LogP contribution in [0.1, 0.15) is 44.9 Å². The molecule has 1 fully saturated rings. The van der Waals surface area contributed by atoms with Gasteiger partial charge < -0.3 is 4.90 Å². The van der Waals surface area contributed by atoms with Gasteiger partial charge in [0.1, 0.15) is 0 Å². The number of fused-ring (bicyclic) bond motifs is 1. The molecule has 0 spiro atoms. The lowest BCUT2D eigenvalue weighted by Gasteiger charge is -2.35. The van der Waals surface area contributed by atoms with E-state index < -0.39 is 16.1 Å². The normalized spacial score (nSPS) is 18.4. The number of carbonyl (C=O) groups is 3. The number of amides is 3. The summed E-state index contributed by atoms with van der Waals surface area (Å²) in [5.41, 5.74) is 0.852. The molecule has 152 valence electrons. The zero-order valence-electron chi connectivity index (χ0n) is 16.4. The van der Waals surface area contributed by atoms with Gasteiger partial charge in [-0.3, -0.25) is 19.3 Å². The van der Waals surface area contributed by atoms with E-state index in [1.807, 2.05) is 0 Å². The minimum Gasteiger partial charge on any atom is -0.336 e. The first kappa shape index (κ1) is 20.4. The van der Waals surface area contributed by atoms with E-state index in [4.69, 9.17) is 0 Å². The number of piperazine rings is 1. The molecule has 0 radical (unpaired) electrons. The number of hydrogen-bond acceptors (Lipinski definition) is 5. The van der Waals surface area contributed by atoms with Gasteiger partial charge in [0, 0.05) is 51.9 Å². The van der Waals surface area contributed by atoms with Crippen molar-refractivity contribution in [1.82, 2.24) is 18.4 Å². The quantitative estimate of drug-likeness (QED) is 0.666. The first-order valence-electron chi connectivity index (χ1n) is 9.04. The summed E-state index contributed by atoms with van der Waals surface area (Å²) in [6.07, 6.45) is 0. The van der Waals surface area contributed by atoms with Gasteiger partial charge >= 0.3 is 0 Å². The van der Waals surface area contributed by atoms with Gasteiger partial charge in [-0.15, -0.1) is 0 Å². The van der Waals surface area contributed by atoms with Crippen LogP contribution in [0.2, 0.25) is 0 Å². The summed E-state index contributed by atoms with van der Waals surface area (Å²) >= 11 is 0.